The van der Waals surface area contributed by atoms with E-state index in [0.717, 1.165) is 9.87 Å². The van der Waals surface area contributed by atoms with E-state index >= 15 is 0 Å². The van der Waals surface area contributed by atoms with Crippen molar-refractivity contribution in [2.45, 2.75) is 25.7 Å². The summed E-state index contributed by atoms with van der Waals surface area (Å²) < 4.78 is 27.4. The van der Waals surface area contributed by atoms with Gasteiger partial charge in [0.1, 0.15) is 6.54 Å². The van der Waals surface area contributed by atoms with Gasteiger partial charge in [-0.3, -0.25) is 19.3 Å². The second-order valence-electron chi connectivity index (χ2n) is 6.07. The van der Waals surface area contributed by atoms with Crippen LogP contribution in [0.25, 0.3) is 0 Å². The Morgan fingerprint density at radius 1 is 1.07 bits per heavy atom. The van der Waals surface area contributed by atoms with Crippen LogP contribution in [-0.4, -0.2) is 26.8 Å². The first kappa shape index (κ1) is 20.4. The van der Waals surface area contributed by atoms with Crippen LogP contribution in [0, 0.1) is 13.8 Å². The van der Waals surface area contributed by atoms with Gasteiger partial charge in [-0.2, -0.15) is 0 Å². The number of amides is 2. The first-order chi connectivity index (χ1) is 12.6. The summed E-state index contributed by atoms with van der Waals surface area (Å²) in [6, 6.07) is 11.1. The van der Waals surface area contributed by atoms with Crippen LogP contribution in [0.1, 0.15) is 18.1 Å². The van der Waals surface area contributed by atoms with E-state index in [2.05, 4.69) is 5.32 Å². The Morgan fingerprint density at radius 3 is 2.26 bits per heavy atom. The van der Waals surface area contributed by atoms with Crippen molar-refractivity contribution < 1.29 is 18.0 Å². The zero-order chi connectivity index (χ0) is 20.2. The Hall–Kier alpha value is -2.91. The SMILES string of the molecule is CC(=O)Nc1ccc(S(=O)(=O)N(CC(=O)NN)c2cc(C)ccc2C)cc1. The van der Waals surface area contributed by atoms with E-state index in [9.17, 15) is 18.0 Å². The second-order valence-corrected chi connectivity index (χ2v) is 7.94. The summed E-state index contributed by atoms with van der Waals surface area (Å²) in [7, 11) is -4.04. The molecule has 2 aromatic rings. The van der Waals surface area contributed by atoms with Crippen molar-refractivity contribution in [1.29, 1.82) is 0 Å². The lowest BCUT2D eigenvalue weighted by Crippen LogP contribution is -2.43. The molecule has 0 aromatic heterocycles. The van der Waals surface area contributed by atoms with Gasteiger partial charge in [0.05, 0.1) is 10.6 Å². The molecule has 0 unspecified atom stereocenters. The molecular weight excluding hydrogens is 368 g/mol. The molecule has 0 aliphatic carbocycles. The van der Waals surface area contributed by atoms with Crippen molar-refractivity contribution in [2.75, 3.05) is 16.2 Å². The van der Waals surface area contributed by atoms with Crippen molar-refractivity contribution >= 4 is 33.2 Å². The van der Waals surface area contributed by atoms with Crippen molar-refractivity contribution in [3.63, 3.8) is 0 Å². The van der Waals surface area contributed by atoms with Crippen molar-refractivity contribution in [3.05, 3.63) is 53.6 Å². The number of carbonyl (C=O) groups excluding carboxylic acids is 2. The Morgan fingerprint density at radius 2 is 1.70 bits per heavy atom. The molecule has 0 spiro atoms. The maximum absolute atomic E-state index is 13.2. The number of hydrogen-bond donors (Lipinski definition) is 3. The Balaban J connectivity index is 2.51. The smallest absolute Gasteiger partial charge is 0.264 e. The number of aryl methyl sites for hydroxylation is 2. The number of hydrazine groups is 1. The zero-order valence-electron chi connectivity index (χ0n) is 15.3. The van der Waals surface area contributed by atoms with E-state index in [1.54, 1.807) is 19.1 Å². The van der Waals surface area contributed by atoms with Gasteiger partial charge in [0.25, 0.3) is 15.9 Å². The van der Waals surface area contributed by atoms with Gasteiger partial charge in [0.15, 0.2) is 0 Å². The van der Waals surface area contributed by atoms with E-state index in [1.807, 2.05) is 18.4 Å². The van der Waals surface area contributed by atoms with Crippen LogP contribution in [-0.2, 0) is 19.6 Å². The summed E-state index contributed by atoms with van der Waals surface area (Å²) in [5.41, 5.74) is 4.38. The highest BCUT2D eigenvalue weighted by atomic mass is 32.2. The van der Waals surface area contributed by atoms with Gasteiger partial charge >= 0.3 is 0 Å². The second kappa shape index (κ2) is 8.19. The first-order valence-corrected chi connectivity index (χ1v) is 9.56. The molecule has 0 saturated carbocycles. The standard InChI is InChI=1S/C18H22N4O4S/c1-12-4-5-13(2)17(10-12)22(11-18(24)21-19)27(25,26)16-8-6-15(7-9-16)20-14(3)23/h4-10H,11,19H2,1-3H3,(H,20,23)(H,21,24). The van der Waals surface area contributed by atoms with Gasteiger partial charge in [-0.1, -0.05) is 12.1 Å². The summed E-state index contributed by atoms with van der Waals surface area (Å²) in [4.78, 5) is 23.0. The van der Waals surface area contributed by atoms with Crippen LogP contribution in [0.4, 0.5) is 11.4 Å². The molecule has 2 rings (SSSR count). The van der Waals surface area contributed by atoms with Crippen LogP contribution in [0.5, 0.6) is 0 Å². The fourth-order valence-corrected chi connectivity index (χ4v) is 3.98. The number of nitrogens with two attached hydrogens (primary N) is 1. The molecule has 8 nitrogen and oxygen atoms in total. The molecule has 0 bridgehead atoms. The average Bonchev–Trinajstić information content (AvgIpc) is 2.61. The maximum atomic E-state index is 13.2. The summed E-state index contributed by atoms with van der Waals surface area (Å²) in [5, 5.41) is 2.57. The lowest BCUT2D eigenvalue weighted by atomic mass is 10.1. The molecular formula is C18H22N4O4S. The molecule has 0 aliphatic rings. The van der Waals surface area contributed by atoms with Crippen LogP contribution in [0.2, 0.25) is 0 Å². The molecule has 2 amide bonds. The predicted octanol–water partition coefficient (Wildman–Crippen LogP) is 1.45. The fourth-order valence-electron chi connectivity index (χ4n) is 2.50. The molecule has 0 atom stereocenters. The van der Waals surface area contributed by atoms with Crippen LogP contribution in [0.3, 0.4) is 0 Å². The van der Waals surface area contributed by atoms with Crippen LogP contribution in [0.15, 0.2) is 47.4 Å². The zero-order valence-corrected chi connectivity index (χ0v) is 16.1. The normalized spacial score (nSPS) is 11.0. The number of anilines is 2. The molecule has 0 radical (unpaired) electrons. The molecule has 9 heteroatoms. The number of nitrogens with one attached hydrogen (secondary N) is 2. The van der Waals surface area contributed by atoms with E-state index in [0.29, 0.717) is 16.9 Å². The lowest BCUT2D eigenvalue weighted by molar-refractivity contribution is -0.119. The van der Waals surface area contributed by atoms with Gasteiger partial charge in [-0.15, -0.1) is 0 Å². The quantitative estimate of drug-likeness (QED) is 0.391. The average molecular weight is 390 g/mol. The lowest BCUT2D eigenvalue weighted by Gasteiger charge is -2.25. The van der Waals surface area contributed by atoms with E-state index < -0.39 is 22.5 Å². The molecule has 0 heterocycles. The Labute approximate surface area is 158 Å². The summed E-state index contributed by atoms with van der Waals surface area (Å²) in [5.74, 6) is 4.25. The van der Waals surface area contributed by atoms with Gasteiger partial charge in [0.2, 0.25) is 5.91 Å². The number of hydrogen-bond acceptors (Lipinski definition) is 5. The highest BCUT2D eigenvalue weighted by molar-refractivity contribution is 7.92. The minimum atomic E-state index is -4.04. The third kappa shape index (κ3) is 4.83. The van der Waals surface area contributed by atoms with Crippen molar-refractivity contribution in [1.82, 2.24) is 5.43 Å². The van der Waals surface area contributed by atoms with Gasteiger partial charge in [0, 0.05) is 12.6 Å². The highest BCUT2D eigenvalue weighted by Gasteiger charge is 2.28. The molecule has 4 N–H and O–H groups in total. The van der Waals surface area contributed by atoms with E-state index in [4.69, 9.17) is 5.84 Å². The number of sulfonamides is 1. The van der Waals surface area contributed by atoms with Crippen LogP contribution < -0.4 is 20.9 Å². The predicted molar refractivity (Wildman–Crippen MR) is 104 cm³/mol. The maximum Gasteiger partial charge on any atom is 0.264 e. The van der Waals surface area contributed by atoms with Gasteiger partial charge in [-0.05, 0) is 55.3 Å². The summed E-state index contributed by atoms with van der Waals surface area (Å²) >= 11 is 0. The number of benzene rings is 2. The third-order valence-electron chi connectivity index (χ3n) is 3.84. The molecule has 2 aromatic carbocycles. The number of nitrogens with zero attached hydrogens (tertiary/aromatic N) is 1. The van der Waals surface area contributed by atoms with E-state index in [-0.39, 0.29) is 10.8 Å². The van der Waals surface area contributed by atoms with E-state index in [1.165, 1.54) is 31.2 Å². The summed E-state index contributed by atoms with van der Waals surface area (Å²) in [6.45, 7) is 4.49. The number of rotatable bonds is 6. The third-order valence-corrected chi connectivity index (χ3v) is 5.62. The summed E-state index contributed by atoms with van der Waals surface area (Å²) in [6.07, 6.45) is 0. The minimum Gasteiger partial charge on any atom is -0.326 e. The van der Waals surface area contributed by atoms with Gasteiger partial charge < -0.3 is 5.32 Å². The monoisotopic (exact) mass is 390 g/mol. The fraction of sp³-hybridized carbons (Fsp3) is 0.222. The van der Waals surface area contributed by atoms with Crippen molar-refractivity contribution in [2.24, 2.45) is 5.84 Å². The molecule has 27 heavy (non-hydrogen) atoms. The molecule has 0 saturated heterocycles. The van der Waals surface area contributed by atoms with Crippen LogP contribution >= 0.6 is 0 Å². The highest BCUT2D eigenvalue weighted by Crippen LogP contribution is 2.28. The minimum absolute atomic E-state index is 0.0117. The van der Waals surface area contributed by atoms with Gasteiger partial charge in [-0.25, -0.2) is 14.3 Å². The molecule has 0 fully saturated rings. The topological polar surface area (TPSA) is 122 Å². The van der Waals surface area contributed by atoms with Crippen molar-refractivity contribution in [3.8, 4) is 0 Å². The Kier molecular flexibility index (Phi) is 6.19. The number of carbonyl (C=O) groups is 2. The largest absolute Gasteiger partial charge is 0.326 e. The molecule has 0 aliphatic heterocycles. The molecule has 144 valence electrons. The Bertz CT molecular complexity index is 956. The first-order valence-electron chi connectivity index (χ1n) is 8.12.